The van der Waals surface area contributed by atoms with Crippen LogP contribution in [0.15, 0.2) is 58.2 Å². The van der Waals surface area contributed by atoms with Crippen molar-refractivity contribution in [1.82, 2.24) is 10.3 Å². The second-order valence-corrected chi connectivity index (χ2v) is 13.4. The summed E-state index contributed by atoms with van der Waals surface area (Å²) < 4.78 is 0.868. The molecule has 5 saturated carbocycles. The third-order valence-electron chi connectivity index (χ3n) is 9.98. The number of hydrogen-bond donors (Lipinski definition) is 2. The second kappa shape index (κ2) is 9.13. The van der Waals surface area contributed by atoms with Crippen molar-refractivity contribution in [3.63, 3.8) is 0 Å². The number of aliphatic carboxylic acids is 1. The summed E-state index contributed by atoms with van der Waals surface area (Å²) in [5.74, 6) is -0.980. The van der Waals surface area contributed by atoms with Crippen LogP contribution in [0.25, 0.3) is 22.2 Å². The fourth-order valence-electron chi connectivity index (χ4n) is 7.20. The van der Waals surface area contributed by atoms with Crippen molar-refractivity contribution >= 4 is 44.4 Å². The molecule has 2 N–H and O–H groups in total. The summed E-state index contributed by atoms with van der Waals surface area (Å²) >= 11 is 3.57. The number of benzene rings is 2. The zero-order chi connectivity index (χ0) is 27.7. The third kappa shape index (κ3) is 4.14. The number of carbonyl (C=O) groups excluding carboxylic acids is 1. The number of oxime groups is 1. The molecule has 0 saturated heterocycles. The summed E-state index contributed by atoms with van der Waals surface area (Å²) in [6, 6.07) is 15.7. The molecule has 2 aromatic carbocycles. The van der Waals surface area contributed by atoms with Gasteiger partial charge in [0.05, 0.1) is 33.4 Å². The Balaban J connectivity index is 1.26. The highest BCUT2D eigenvalue weighted by Crippen LogP contribution is 2.61. The van der Waals surface area contributed by atoms with E-state index in [0.29, 0.717) is 48.8 Å². The first-order chi connectivity index (χ1) is 19.2. The molecule has 40 heavy (non-hydrogen) atoms. The van der Waals surface area contributed by atoms with Crippen LogP contribution in [0.5, 0.6) is 0 Å². The van der Waals surface area contributed by atoms with E-state index in [0.717, 1.165) is 45.0 Å². The lowest BCUT2D eigenvalue weighted by Gasteiger charge is -2.51. The smallest absolute Gasteiger partial charge is 0.310 e. The van der Waals surface area contributed by atoms with Gasteiger partial charge in [0.2, 0.25) is 0 Å². The van der Waals surface area contributed by atoms with Crippen LogP contribution in [0.2, 0.25) is 0 Å². The minimum Gasteiger partial charge on any atom is -0.481 e. The van der Waals surface area contributed by atoms with E-state index >= 15 is 0 Å². The zero-order valence-electron chi connectivity index (χ0n) is 22.5. The molecule has 8 rings (SSSR count). The number of aromatic nitrogens is 1. The van der Waals surface area contributed by atoms with E-state index in [1.807, 2.05) is 55.5 Å². The lowest BCUT2D eigenvalue weighted by Crippen LogP contribution is -2.64. The standard InChI is InChI=1S/C32H32BrN3O4/c1-19-26(23-15-21(33)7-8-24(23)34-27(19)20-5-3-2-4-6-20)28(37)35-32-13-11-31(12-14-32,29(38)39)18-25(32)36-40-22-16-30(17-22)9-10-30/h2-8,15,22H,9-14,16-18H2,1H3,(H,35,37)(H,38,39)/b36-25+. The molecule has 0 atom stereocenters. The molecule has 5 fully saturated rings. The number of nitrogens with one attached hydrogen (secondary N) is 1. The molecule has 1 amide bonds. The van der Waals surface area contributed by atoms with Crippen molar-refractivity contribution in [1.29, 1.82) is 0 Å². The second-order valence-electron chi connectivity index (χ2n) is 12.5. The molecule has 0 unspecified atom stereocenters. The zero-order valence-corrected chi connectivity index (χ0v) is 24.1. The molecule has 1 heterocycles. The maximum Gasteiger partial charge on any atom is 0.310 e. The minimum atomic E-state index is -0.837. The fourth-order valence-corrected chi connectivity index (χ4v) is 7.56. The molecule has 0 radical (unpaired) electrons. The van der Waals surface area contributed by atoms with Crippen molar-refractivity contribution < 1.29 is 19.5 Å². The summed E-state index contributed by atoms with van der Waals surface area (Å²) in [4.78, 5) is 37.6. The summed E-state index contributed by atoms with van der Waals surface area (Å²) in [6.07, 6.45) is 7.03. The van der Waals surface area contributed by atoms with Crippen molar-refractivity contribution in [2.75, 3.05) is 0 Å². The third-order valence-corrected chi connectivity index (χ3v) is 10.5. The summed E-state index contributed by atoms with van der Waals surface area (Å²) in [5, 5.41) is 18.9. The predicted octanol–water partition coefficient (Wildman–Crippen LogP) is 6.81. The Morgan fingerprint density at radius 2 is 1.77 bits per heavy atom. The van der Waals surface area contributed by atoms with Gasteiger partial charge in [-0.2, -0.15) is 0 Å². The fraction of sp³-hybridized carbons (Fsp3) is 0.438. The number of amides is 1. The molecule has 8 heteroatoms. The predicted molar refractivity (Wildman–Crippen MR) is 156 cm³/mol. The maximum absolute atomic E-state index is 14.3. The van der Waals surface area contributed by atoms with Gasteiger partial charge >= 0.3 is 5.97 Å². The molecule has 2 bridgehead atoms. The monoisotopic (exact) mass is 601 g/mol. The van der Waals surface area contributed by atoms with Gasteiger partial charge in [0.15, 0.2) is 0 Å². The Labute approximate surface area is 241 Å². The number of fused-ring (bicyclic) bond motifs is 4. The van der Waals surface area contributed by atoms with Crippen molar-refractivity contribution in [3.05, 3.63) is 64.1 Å². The number of carbonyl (C=O) groups is 2. The van der Waals surface area contributed by atoms with Crippen molar-refractivity contribution in [3.8, 4) is 11.3 Å². The van der Waals surface area contributed by atoms with Gasteiger partial charge < -0.3 is 15.3 Å². The summed E-state index contributed by atoms with van der Waals surface area (Å²) in [6.45, 7) is 1.95. The normalized spacial score (nSPS) is 27.5. The average Bonchev–Trinajstić information content (AvgIpc) is 3.73. The Morgan fingerprint density at radius 3 is 2.45 bits per heavy atom. The van der Waals surface area contributed by atoms with Gasteiger partial charge in [-0.3, -0.25) is 9.59 Å². The van der Waals surface area contributed by atoms with Crippen molar-refractivity contribution in [2.24, 2.45) is 16.0 Å². The van der Waals surface area contributed by atoms with Crippen LogP contribution in [-0.2, 0) is 9.63 Å². The van der Waals surface area contributed by atoms with E-state index in [1.165, 1.54) is 12.8 Å². The first kappa shape index (κ1) is 25.7. The van der Waals surface area contributed by atoms with E-state index in [9.17, 15) is 14.7 Å². The number of nitrogens with zero attached hydrogens (tertiary/aromatic N) is 2. The number of pyridine rings is 1. The average molecular weight is 603 g/mol. The molecular formula is C32H32BrN3O4. The van der Waals surface area contributed by atoms with Gasteiger partial charge in [-0.15, -0.1) is 0 Å². The van der Waals surface area contributed by atoms with Crippen LogP contribution in [-0.4, -0.2) is 39.3 Å². The summed E-state index contributed by atoms with van der Waals surface area (Å²) in [7, 11) is 0. The molecule has 3 aromatic rings. The van der Waals surface area contributed by atoms with Crippen LogP contribution >= 0.6 is 15.9 Å². The first-order valence-corrected chi connectivity index (χ1v) is 15.0. The number of carboxylic acids is 1. The topological polar surface area (TPSA) is 101 Å². The molecule has 5 aliphatic carbocycles. The highest BCUT2D eigenvalue weighted by molar-refractivity contribution is 9.10. The van der Waals surface area contributed by atoms with E-state index in [1.54, 1.807) is 0 Å². The van der Waals surface area contributed by atoms with Gasteiger partial charge in [-0.05, 0) is 87.5 Å². The van der Waals surface area contributed by atoms with Gasteiger partial charge in [-0.25, -0.2) is 4.98 Å². The molecular weight excluding hydrogens is 570 g/mol. The Hall–Kier alpha value is -3.26. The highest BCUT2D eigenvalue weighted by Gasteiger charge is 2.58. The van der Waals surface area contributed by atoms with Crippen LogP contribution < -0.4 is 5.32 Å². The van der Waals surface area contributed by atoms with Crippen LogP contribution in [0.3, 0.4) is 0 Å². The van der Waals surface area contributed by atoms with Gasteiger partial charge in [0, 0.05) is 21.8 Å². The van der Waals surface area contributed by atoms with Crippen LogP contribution in [0.1, 0.15) is 73.7 Å². The first-order valence-electron chi connectivity index (χ1n) is 14.2. The SMILES string of the molecule is Cc1c(-c2ccccc2)nc2ccc(Br)cc2c1C(=O)NC12CCC(C(=O)O)(CC1)C/C2=N\OC1CC2(CC2)C1. The largest absolute Gasteiger partial charge is 0.481 e. The molecule has 206 valence electrons. The van der Waals surface area contributed by atoms with Crippen molar-refractivity contribution in [2.45, 2.75) is 76.4 Å². The molecule has 0 aliphatic heterocycles. The Bertz CT molecular complexity index is 1560. The Kier molecular flexibility index (Phi) is 5.86. The maximum atomic E-state index is 14.3. The molecule has 1 spiro atoms. The lowest BCUT2D eigenvalue weighted by atomic mass is 9.56. The number of hydrogen-bond acceptors (Lipinski definition) is 5. The van der Waals surface area contributed by atoms with Gasteiger partial charge in [0.25, 0.3) is 5.91 Å². The number of halogens is 1. The minimum absolute atomic E-state index is 0.0844. The molecule has 1 aromatic heterocycles. The van der Waals surface area contributed by atoms with E-state index in [-0.39, 0.29) is 12.0 Å². The van der Waals surface area contributed by atoms with Gasteiger partial charge in [-0.1, -0.05) is 51.4 Å². The number of rotatable bonds is 6. The Morgan fingerprint density at radius 1 is 1.05 bits per heavy atom. The quantitative estimate of drug-likeness (QED) is 0.302. The number of carboxylic acid groups (broad SMARTS) is 1. The lowest BCUT2D eigenvalue weighted by molar-refractivity contribution is -0.152. The van der Waals surface area contributed by atoms with Crippen LogP contribution in [0.4, 0.5) is 0 Å². The van der Waals surface area contributed by atoms with Gasteiger partial charge in [0.1, 0.15) is 6.10 Å². The van der Waals surface area contributed by atoms with E-state index in [4.69, 9.17) is 9.82 Å². The highest BCUT2D eigenvalue weighted by atomic mass is 79.9. The van der Waals surface area contributed by atoms with Crippen LogP contribution in [0, 0.1) is 17.8 Å². The molecule has 7 nitrogen and oxygen atoms in total. The van der Waals surface area contributed by atoms with E-state index < -0.39 is 16.9 Å². The summed E-state index contributed by atoms with van der Waals surface area (Å²) in [5.41, 5.74) is 3.42. The molecule has 5 aliphatic rings. The van der Waals surface area contributed by atoms with E-state index in [2.05, 4.69) is 26.4 Å².